The molecule has 1 saturated heterocycles. The van der Waals surface area contributed by atoms with E-state index in [0.717, 1.165) is 17.8 Å². The van der Waals surface area contributed by atoms with E-state index in [0.29, 0.717) is 18.3 Å². The molecule has 5 aliphatic rings. The first-order chi connectivity index (χ1) is 10.8. The Kier molecular flexibility index (Phi) is 3.78. The lowest BCUT2D eigenvalue weighted by molar-refractivity contribution is -0.126. The third-order valence-electron chi connectivity index (χ3n) is 7.18. The first-order valence-electron chi connectivity index (χ1n) is 9.33. The van der Waals surface area contributed by atoms with E-state index in [2.05, 4.69) is 12.2 Å². The molecule has 4 aliphatic carbocycles. The van der Waals surface area contributed by atoms with Gasteiger partial charge in [0.15, 0.2) is 9.84 Å². The maximum atomic E-state index is 12.4. The molecule has 5 fully saturated rings. The van der Waals surface area contributed by atoms with Gasteiger partial charge in [-0.2, -0.15) is 0 Å². The van der Waals surface area contributed by atoms with E-state index >= 15 is 0 Å². The molecule has 5 rings (SSSR count). The largest absolute Gasteiger partial charge is 0.353 e. The SMILES string of the molecule is C[C@H](NC(=O)C[C@H]1CCS(=O)(=O)C1)C12CC3CC(CC(C3)C1)C2. The average Bonchev–Trinajstić information content (AvgIpc) is 2.76. The Bertz CT molecular complexity index is 562. The summed E-state index contributed by atoms with van der Waals surface area (Å²) in [6.07, 6.45) is 9.16. The minimum atomic E-state index is -2.89. The minimum Gasteiger partial charge on any atom is -0.353 e. The number of carbonyl (C=O) groups is 1. The van der Waals surface area contributed by atoms with E-state index in [4.69, 9.17) is 0 Å². The number of amides is 1. The minimum absolute atomic E-state index is 0.0311. The second-order valence-corrected chi connectivity index (χ2v) is 11.3. The first kappa shape index (κ1) is 15.9. The van der Waals surface area contributed by atoms with Crippen LogP contribution in [-0.4, -0.2) is 31.9 Å². The van der Waals surface area contributed by atoms with Gasteiger partial charge in [0, 0.05) is 12.5 Å². The molecule has 23 heavy (non-hydrogen) atoms. The van der Waals surface area contributed by atoms with Crippen LogP contribution in [0.25, 0.3) is 0 Å². The van der Waals surface area contributed by atoms with Crippen molar-refractivity contribution in [2.45, 2.75) is 64.3 Å². The Labute approximate surface area is 139 Å². The summed E-state index contributed by atoms with van der Waals surface area (Å²) in [6.45, 7) is 2.19. The van der Waals surface area contributed by atoms with Gasteiger partial charge in [-0.3, -0.25) is 4.79 Å². The number of hydrogen-bond acceptors (Lipinski definition) is 3. The molecule has 1 heterocycles. The molecule has 1 amide bonds. The van der Waals surface area contributed by atoms with Crippen LogP contribution in [-0.2, 0) is 14.6 Å². The molecule has 0 aromatic carbocycles. The van der Waals surface area contributed by atoms with Crippen molar-refractivity contribution in [3.63, 3.8) is 0 Å². The van der Waals surface area contributed by atoms with Crippen molar-refractivity contribution in [3.05, 3.63) is 0 Å². The standard InChI is InChI=1S/C18H29NO3S/c1-12(19-17(20)7-13-2-3-23(21,22)11-13)18-8-14-4-15(9-18)6-16(5-14)10-18/h12-16H,2-11H2,1H3,(H,19,20)/t12-,13+,14?,15?,16?,18?/m0/s1. The van der Waals surface area contributed by atoms with Crippen LogP contribution in [0.3, 0.4) is 0 Å². The van der Waals surface area contributed by atoms with Gasteiger partial charge in [-0.25, -0.2) is 8.42 Å². The van der Waals surface area contributed by atoms with Crippen LogP contribution in [0.15, 0.2) is 0 Å². The van der Waals surface area contributed by atoms with E-state index in [1.165, 1.54) is 38.5 Å². The Morgan fingerprint density at radius 3 is 2.17 bits per heavy atom. The molecule has 0 spiro atoms. The zero-order valence-corrected chi connectivity index (χ0v) is 14.9. The molecule has 2 atom stereocenters. The molecule has 0 aromatic heterocycles. The Morgan fingerprint density at radius 1 is 1.13 bits per heavy atom. The fourth-order valence-corrected chi connectivity index (χ4v) is 8.32. The Balaban J connectivity index is 1.36. The highest BCUT2D eigenvalue weighted by molar-refractivity contribution is 7.91. The van der Waals surface area contributed by atoms with Gasteiger partial charge in [0.25, 0.3) is 0 Å². The smallest absolute Gasteiger partial charge is 0.220 e. The highest BCUT2D eigenvalue weighted by Crippen LogP contribution is 2.61. The lowest BCUT2D eigenvalue weighted by Gasteiger charge is -2.59. The van der Waals surface area contributed by atoms with Gasteiger partial charge in [-0.1, -0.05) is 0 Å². The lowest BCUT2D eigenvalue weighted by Crippen LogP contribution is -2.55. The summed E-state index contributed by atoms with van der Waals surface area (Å²) < 4.78 is 23.1. The molecule has 0 aromatic rings. The maximum absolute atomic E-state index is 12.4. The molecule has 1 N–H and O–H groups in total. The van der Waals surface area contributed by atoms with Crippen LogP contribution < -0.4 is 5.32 Å². The Morgan fingerprint density at radius 2 is 1.70 bits per heavy atom. The molecule has 0 radical (unpaired) electrons. The summed E-state index contributed by atoms with van der Waals surface area (Å²) >= 11 is 0. The van der Waals surface area contributed by atoms with Gasteiger partial charge >= 0.3 is 0 Å². The van der Waals surface area contributed by atoms with Crippen LogP contribution in [0.1, 0.15) is 58.3 Å². The zero-order chi connectivity index (χ0) is 16.2. The van der Waals surface area contributed by atoms with Crippen molar-refractivity contribution in [2.75, 3.05) is 11.5 Å². The summed E-state index contributed by atoms with van der Waals surface area (Å²) in [5.74, 6) is 3.22. The molecule has 0 unspecified atom stereocenters. The predicted octanol–water partition coefficient (Wildman–Crippen LogP) is 2.53. The third-order valence-corrected chi connectivity index (χ3v) is 9.02. The average molecular weight is 340 g/mol. The van der Waals surface area contributed by atoms with Crippen LogP contribution in [0.4, 0.5) is 0 Å². The van der Waals surface area contributed by atoms with Crippen molar-refractivity contribution in [1.29, 1.82) is 0 Å². The lowest BCUT2D eigenvalue weighted by atomic mass is 9.48. The van der Waals surface area contributed by atoms with Crippen molar-refractivity contribution in [2.24, 2.45) is 29.1 Å². The van der Waals surface area contributed by atoms with E-state index in [9.17, 15) is 13.2 Å². The van der Waals surface area contributed by atoms with Crippen LogP contribution in [0.5, 0.6) is 0 Å². The summed E-state index contributed by atoms with van der Waals surface area (Å²) in [4.78, 5) is 12.4. The summed E-state index contributed by atoms with van der Waals surface area (Å²) in [5, 5.41) is 3.26. The van der Waals surface area contributed by atoms with E-state index in [1.807, 2.05) is 0 Å². The highest BCUT2D eigenvalue weighted by atomic mass is 32.2. The normalized spacial score (nSPS) is 45.1. The number of rotatable bonds is 4. The first-order valence-corrected chi connectivity index (χ1v) is 11.2. The quantitative estimate of drug-likeness (QED) is 0.856. The van der Waals surface area contributed by atoms with Crippen LogP contribution in [0, 0.1) is 29.1 Å². The maximum Gasteiger partial charge on any atom is 0.220 e. The van der Waals surface area contributed by atoms with Crippen molar-refractivity contribution >= 4 is 15.7 Å². The van der Waals surface area contributed by atoms with Gasteiger partial charge in [0.1, 0.15) is 0 Å². The summed E-state index contributed by atoms with van der Waals surface area (Å²) in [5.41, 5.74) is 0.326. The van der Waals surface area contributed by atoms with Gasteiger partial charge in [0.2, 0.25) is 5.91 Å². The van der Waals surface area contributed by atoms with Gasteiger partial charge in [-0.05, 0) is 81.0 Å². The topological polar surface area (TPSA) is 63.2 Å². The molecule has 4 bridgehead atoms. The van der Waals surface area contributed by atoms with Crippen molar-refractivity contribution < 1.29 is 13.2 Å². The molecule has 4 saturated carbocycles. The van der Waals surface area contributed by atoms with Gasteiger partial charge < -0.3 is 5.32 Å². The van der Waals surface area contributed by atoms with E-state index < -0.39 is 9.84 Å². The van der Waals surface area contributed by atoms with Crippen molar-refractivity contribution in [1.82, 2.24) is 5.32 Å². The molecule has 5 heteroatoms. The molecular formula is C18H29NO3S. The van der Waals surface area contributed by atoms with Gasteiger partial charge in [-0.15, -0.1) is 0 Å². The van der Waals surface area contributed by atoms with Crippen LogP contribution >= 0.6 is 0 Å². The second kappa shape index (κ2) is 5.47. The second-order valence-electron chi connectivity index (χ2n) is 9.04. The fourth-order valence-electron chi connectivity index (χ4n) is 6.46. The number of carbonyl (C=O) groups excluding carboxylic acids is 1. The fraction of sp³-hybridized carbons (Fsp3) is 0.944. The summed E-state index contributed by atoms with van der Waals surface area (Å²) in [6, 6.07) is 0.237. The predicted molar refractivity (Wildman–Crippen MR) is 89.6 cm³/mol. The molecule has 4 nitrogen and oxygen atoms in total. The van der Waals surface area contributed by atoms with E-state index in [1.54, 1.807) is 0 Å². The molecular weight excluding hydrogens is 310 g/mol. The third kappa shape index (κ3) is 3.06. The zero-order valence-electron chi connectivity index (χ0n) is 14.1. The van der Waals surface area contributed by atoms with Crippen LogP contribution in [0.2, 0.25) is 0 Å². The number of sulfone groups is 1. The molecule has 1 aliphatic heterocycles. The number of hydrogen-bond donors (Lipinski definition) is 1. The summed E-state index contributed by atoms with van der Waals surface area (Å²) in [7, 11) is -2.89. The van der Waals surface area contributed by atoms with E-state index in [-0.39, 0.29) is 29.4 Å². The van der Waals surface area contributed by atoms with Gasteiger partial charge in [0.05, 0.1) is 11.5 Å². The Hall–Kier alpha value is -0.580. The highest BCUT2D eigenvalue weighted by Gasteiger charge is 2.53. The van der Waals surface area contributed by atoms with Crippen molar-refractivity contribution in [3.8, 4) is 0 Å². The monoisotopic (exact) mass is 339 g/mol. The molecule has 130 valence electrons. The number of nitrogens with one attached hydrogen (secondary N) is 1.